The maximum Gasteiger partial charge on any atom is 0.228 e. The molecule has 2 unspecified atom stereocenters. The summed E-state index contributed by atoms with van der Waals surface area (Å²) in [7, 11) is 0. The van der Waals surface area contributed by atoms with E-state index in [1.54, 1.807) is 26.8 Å². The van der Waals surface area contributed by atoms with Gasteiger partial charge in [0.2, 0.25) is 11.8 Å². The number of halogens is 1. The Bertz CT molecular complexity index is 504. The van der Waals surface area contributed by atoms with Gasteiger partial charge in [-0.05, 0) is 31.5 Å². The van der Waals surface area contributed by atoms with Crippen LogP contribution in [0.3, 0.4) is 0 Å². The van der Waals surface area contributed by atoms with E-state index in [9.17, 15) is 9.59 Å². The van der Waals surface area contributed by atoms with E-state index >= 15 is 0 Å². The van der Waals surface area contributed by atoms with Gasteiger partial charge in [0.1, 0.15) is 0 Å². The average Bonchev–Trinajstić information content (AvgIpc) is 2.41. The zero-order valence-electron chi connectivity index (χ0n) is 12.9. The van der Waals surface area contributed by atoms with Gasteiger partial charge < -0.3 is 16.4 Å². The van der Waals surface area contributed by atoms with Gasteiger partial charge in [-0.1, -0.05) is 19.9 Å². The fourth-order valence-corrected chi connectivity index (χ4v) is 1.57. The normalized spacial score (nSPS) is 12.8. The predicted molar refractivity (Wildman–Crippen MR) is 88.8 cm³/mol. The number of nitrogens with one attached hydrogen (secondary N) is 2. The molecule has 0 aliphatic rings. The second-order valence-corrected chi connectivity index (χ2v) is 5.07. The Labute approximate surface area is 132 Å². The lowest BCUT2D eigenvalue weighted by Gasteiger charge is -2.17. The van der Waals surface area contributed by atoms with Crippen LogP contribution in [-0.4, -0.2) is 17.9 Å². The second kappa shape index (κ2) is 8.64. The van der Waals surface area contributed by atoms with Gasteiger partial charge in [-0.15, -0.1) is 12.4 Å². The van der Waals surface area contributed by atoms with Crippen molar-refractivity contribution in [3.8, 4) is 0 Å². The fourth-order valence-electron chi connectivity index (χ4n) is 1.57. The Balaban J connectivity index is 0.00000400. The van der Waals surface area contributed by atoms with Gasteiger partial charge in [0, 0.05) is 23.8 Å². The Morgan fingerprint density at radius 2 is 1.86 bits per heavy atom. The van der Waals surface area contributed by atoms with E-state index in [4.69, 9.17) is 5.73 Å². The van der Waals surface area contributed by atoms with E-state index in [2.05, 4.69) is 10.6 Å². The van der Waals surface area contributed by atoms with Crippen LogP contribution >= 0.6 is 12.4 Å². The lowest BCUT2D eigenvalue weighted by Crippen LogP contribution is -2.34. The molecule has 2 amide bonds. The van der Waals surface area contributed by atoms with Crippen molar-refractivity contribution in [3.63, 3.8) is 0 Å². The van der Waals surface area contributed by atoms with Gasteiger partial charge in [-0.2, -0.15) is 0 Å². The first-order valence-corrected chi connectivity index (χ1v) is 6.82. The number of aryl methyl sites for hydroxylation is 1. The summed E-state index contributed by atoms with van der Waals surface area (Å²) < 4.78 is 0. The van der Waals surface area contributed by atoms with E-state index in [1.165, 1.54) is 0 Å². The van der Waals surface area contributed by atoms with Crippen molar-refractivity contribution in [1.82, 2.24) is 0 Å². The third-order valence-electron chi connectivity index (χ3n) is 3.30. The topological polar surface area (TPSA) is 84.2 Å². The van der Waals surface area contributed by atoms with Gasteiger partial charge >= 0.3 is 0 Å². The molecule has 4 N–H and O–H groups in total. The highest BCUT2D eigenvalue weighted by Crippen LogP contribution is 2.21. The number of benzene rings is 1. The minimum absolute atomic E-state index is 0. The number of rotatable bonds is 5. The fraction of sp³-hybridized carbons (Fsp3) is 0.467. The summed E-state index contributed by atoms with van der Waals surface area (Å²) in [4.78, 5) is 23.4. The third-order valence-corrected chi connectivity index (χ3v) is 3.30. The summed E-state index contributed by atoms with van der Waals surface area (Å²) in [5.41, 5.74) is 8.02. The van der Waals surface area contributed by atoms with E-state index in [-0.39, 0.29) is 36.2 Å². The molecule has 0 aliphatic carbocycles. The molecule has 5 nitrogen and oxygen atoms in total. The molecule has 0 fully saturated rings. The molecule has 0 aromatic heterocycles. The van der Waals surface area contributed by atoms with Crippen molar-refractivity contribution in [2.45, 2.75) is 40.2 Å². The van der Waals surface area contributed by atoms with Crippen LogP contribution in [-0.2, 0) is 9.59 Å². The summed E-state index contributed by atoms with van der Waals surface area (Å²) in [5, 5.41) is 5.62. The molecule has 0 heterocycles. The van der Waals surface area contributed by atoms with Gasteiger partial charge in [0.05, 0.1) is 5.92 Å². The number of carbonyl (C=O) groups is 2. The van der Waals surface area contributed by atoms with Crippen molar-refractivity contribution in [2.24, 2.45) is 11.7 Å². The quantitative estimate of drug-likeness (QED) is 0.781. The zero-order valence-corrected chi connectivity index (χ0v) is 13.7. The monoisotopic (exact) mass is 313 g/mol. The van der Waals surface area contributed by atoms with Crippen LogP contribution in [0.1, 0.15) is 32.8 Å². The van der Waals surface area contributed by atoms with Crippen LogP contribution < -0.4 is 16.4 Å². The predicted octanol–water partition coefficient (Wildman–Crippen LogP) is 2.69. The molecule has 1 aromatic carbocycles. The molecule has 0 bridgehead atoms. The molecule has 0 spiro atoms. The first kappa shape index (κ1) is 19.4. The van der Waals surface area contributed by atoms with E-state index in [0.29, 0.717) is 17.8 Å². The molecule has 6 heteroatoms. The van der Waals surface area contributed by atoms with Gasteiger partial charge in [0.25, 0.3) is 0 Å². The molecule has 1 rings (SSSR count). The molecule has 0 saturated heterocycles. The summed E-state index contributed by atoms with van der Waals surface area (Å²) in [6, 6.07) is 5.22. The van der Waals surface area contributed by atoms with Gasteiger partial charge in [0.15, 0.2) is 0 Å². The minimum atomic E-state index is -0.275. The van der Waals surface area contributed by atoms with Crippen LogP contribution in [0.15, 0.2) is 18.2 Å². The SMILES string of the molecule is CCC(=O)Nc1ccc(C)c(NC(=O)C(C)C(C)N)c1.Cl. The van der Waals surface area contributed by atoms with Crippen molar-refractivity contribution < 1.29 is 9.59 Å². The number of amides is 2. The highest BCUT2D eigenvalue weighted by Gasteiger charge is 2.17. The zero-order chi connectivity index (χ0) is 15.3. The van der Waals surface area contributed by atoms with E-state index in [1.807, 2.05) is 19.1 Å². The standard InChI is InChI=1S/C15H23N3O2.ClH/c1-5-14(19)17-12-7-6-9(2)13(8-12)18-15(20)10(3)11(4)16;/h6-8,10-11H,5,16H2,1-4H3,(H,17,19)(H,18,20);1H. The average molecular weight is 314 g/mol. The smallest absolute Gasteiger partial charge is 0.228 e. The van der Waals surface area contributed by atoms with E-state index < -0.39 is 0 Å². The molecule has 0 saturated carbocycles. The number of hydrogen-bond acceptors (Lipinski definition) is 3. The largest absolute Gasteiger partial charge is 0.327 e. The Hall–Kier alpha value is -1.59. The molecule has 1 aromatic rings. The number of anilines is 2. The second-order valence-electron chi connectivity index (χ2n) is 5.07. The van der Waals surface area contributed by atoms with E-state index in [0.717, 1.165) is 5.56 Å². The molecule has 0 radical (unpaired) electrons. The van der Waals surface area contributed by atoms with Crippen molar-refractivity contribution >= 4 is 35.6 Å². The summed E-state index contributed by atoms with van der Waals surface area (Å²) in [5.74, 6) is -0.458. The molecule has 0 aliphatic heterocycles. The maximum atomic E-state index is 12.0. The summed E-state index contributed by atoms with van der Waals surface area (Å²) in [6.07, 6.45) is 0.414. The van der Waals surface area contributed by atoms with Crippen LogP contribution in [0.4, 0.5) is 11.4 Å². The van der Waals surface area contributed by atoms with Crippen molar-refractivity contribution in [2.75, 3.05) is 10.6 Å². The molecular weight excluding hydrogens is 290 g/mol. The summed E-state index contributed by atoms with van der Waals surface area (Å²) in [6.45, 7) is 7.28. The number of carbonyl (C=O) groups excluding carboxylic acids is 2. The number of hydrogen-bond donors (Lipinski definition) is 3. The highest BCUT2D eigenvalue weighted by atomic mass is 35.5. The molecule has 2 atom stereocenters. The van der Waals surface area contributed by atoms with Crippen molar-refractivity contribution in [1.29, 1.82) is 0 Å². The Morgan fingerprint density at radius 1 is 1.24 bits per heavy atom. The molecule has 21 heavy (non-hydrogen) atoms. The van der Waals surface area contributed by atoms with Crippen molar-refractivity contribution in [3.05, 3.63) is 23.8 Å². The Morgan fingerprint density at radius 3 is 2.38 bits per heavy atom. The number of nitrogens with two attached hydrogens (primary N) is 1. The Kier molecular flexibility index (Phi) is 7.99. The minimum Gasteiger partial charge on any atom is -0.327 e. The van der Waals surface area contributed by atoms with Gasteiger partial charge in [-0.25, -0.2) is 0 Å². The van der Waals surface area contributed by atoms with Crippen LogP contribution in [0.25, 0.3) is 0 Å². The van der Waals surface area contributed by atoms with Crippen LogP contribution in [0, 0.1) is 12.8 Å². The first-order chi connectivity index (χ1) is 9.35. The lowest BCUT2D eigenvalue weighted by atomic mass is 10.0. The molecular formula is C15H24ClN3O2. The lowest BCUT2D eigenvalue weighted by molar-refractivity contribution is -0.119. The summed E-state index contributed by atoms with van der Waals surface area (Å²) >= 11 is 0. The maximum absolute atomic E-state index is 12.0. The highest BCUT2D eigenvalue weighted by molar-refractivity contribution is 5.95. The van der Waals surface area contributed by atoms with Gasteiger partial charge in [-0.3, -0.25) is 9.59 Å². The molecule has 118 valence electrons. The van der Waals surface area contributed by atoms with Crippen LogP contribution in [0.5, 0.6) is 0 Å². The first-order valence-electron chi connectivity index (χ1n) is 6.82. The van der Waals surface area contributed by atoms with Crippen LogP contribution in [0.2, 0.25) is 0 Å². The third kappa shape index (κ3) is 5.73.